The molecule has 0 spiro atoms. The molecule has 1 aromatic rings. The molecule has 1 aliphatic rings. The minimum atomic E-state index is 0.578. The van der Waals surface area contributed by atoms with E-state index in [1.54, 1.807) is 0 Å². The van der Waals surface area contributed by atoms with Crippen LogP contribution in [0.1, 0.15) is 44.2 Å². The lowest BCUT2D eigenvalue weighted by molar-refractivity contribution is 0.200. The Labute approximate surface area is 124 Å². The van der Waals surface area contributed by atoms with Gasteiger partial charge in [-0.05, 0) is 49.9 Å². The molecule has 0 amide bonds. The maximum atomic E-state index is 3.47. The van der Waals surface area contributed by atoms with Crippen molar-refractivity contribution < 1.29 is 0 Å². The van der Waals surface area contributed by atoms with Crippen LogP contribution in [0, 0.1) is 5.92 Å². The Morgan fingerprint density at radius 2 is 1.80 bits per heavy atom. The fraction of sp³-hybridized carbons (Fsp3) is 0.667. The minimum absolute atomic E-state index is 0.578. The summed E-state index contributed by atoms with van der Waals surface area (Å²) in [6.45, 7) is 7.81. The molecule has 0 bridgehead atoms. The number of hydrogen-bond donors (Lipinski definition) is 1. The average Bonchev–Trinajstić information content (AvgIpc) is 2.36. The van der Waals surface area contributed by atoms with E-state index in [1.165, 1.54) is 36.9 Å². The van der Waals surface area contributed by atoms with E-state index < -0.39 is 0 Å². The SMILES string of the molecule is CC(C)NCCc1ccc(CN(C)CC2CCC2)cc1. The quantitative estimate of drug-likeness (QED) is 0.781. The second-order valence-electron chi connectivity index (χ2n) is 6.67. The number of benzene rings is 1. The fourth-order valence-electron chi connectivity index (χ4n) is 2.81. The number of nitrogens with zero attached hydrogens (tertiary/aromatic N) is 1. The fourth-order valence-corrected chi connectivity index (χ4v) is 2.81. The predicted molar refractivity (Wildman–Crippen MR) is 87.0 cm³/mol. The Balaban J connectivity index is 1.72. The van der Waals surface area contributed by atoms with Crippen LogP contribution < -0.4 is 5.32 Å². The third-order valence-electron chi connectivity index (χ3n) is 4.24. The van der Waals surface area contributed by atoms with Crippen LogP contribution in [0.4, 0.5) is 0 Å². The Morgan fingerprint density at radius 3 is 2.35 bits per heavy atom. The van der Waals surface area contributed by atoms with E-state index in [1.807, 2.05) is 0 Å². The summed E-state index contributed by atoms with van der Waals surface area (Å²) in [6, 6.07) is 9.74. The number of nitrogens with one attached hydrogen (secondary N) is 1. The molecular formula is C18H30N2. The van der Waals surface area contributed by atoms with Crippen LogP contribution >= 0.6 is 0 Å². The van der Waals surface area contributed by atoms with Gasteiger partial charge < -0.3 is 10.2 Å². The molecule has 0 aromatic heterocycles. The van der Waals surface area contributed by atoms with Crippen molar-refractivity contribution in [1.29, 1.82) is 0 Å². The van der Waals surface area contributed by atoms with E-state index >= 15 is 0 Å². The van der Waals surface area contributed by atoms with Gasteiger partial charge in [-0.25, -0.2) is 0 Å². The van der Waals surface area contributed by atoms with Gasteiger partial charge in [0.15, 0.2) is 0 Å². The van der Waals surface area contributed by atoms with Crippen LogP contribution in [0.25, 0.3) is 0 Å². The molecule has 1 saturated carbocycles. The minimum Gasteiger partial charge on any atom is -0.314 e. The summed E-state index contributed by atoms with van der Waals surface area (Å²) in [4.78, 5) is 2.47. The molecule has 0 heterocycles. The molecule has 2 heteroatoms. The highest BCUT2D eigenvalue weighted by molar-refractivity contribution is 5.22. The summed E-state index contributed by atoms with van der Waals surface area (Å²) in [6.07, 6.45) is 5.44. The summed E-state index contributed by atoms with van der Waals surface area (Å²) in [5.41, 5.74) is 2.87. The highest BCUT2D eigenvalue weighted by atomic mass is 15.1. The number of rotatable bonds is 8. The van der Waals surface area contributed by atoms with Gasteiger partial charge in [0.1, 0.15) is 0 Å². The van der Waals surface area contributed by atoms with Gasteiger partial charge in [0.25, 0.3) is 0 Å². The molecule has 1 N–H and O–H groups in total. The van der Waals surface area contributed by atoms with Crippen molar-refractivity contribution in [2.24, 2.45) is 5.92 Å². The van der Waals surface area contributed by atoms with Gasteiger partial charge in [-0.1, -0.05) is 44.5 Å². The lowest BCUT2D eigenvalue weighted by Gasteiger charge is -2.30. The van der Waals surface area contributed by atoms with E-state index in [4.69, 9.17) is 0 Å². The van der Waals surface area contributed by atoms with Gasteiger partial charge in [0, 0.05) is 19.1 Å². The molecule has 1 aliphatic carbocycles. The molecule has 0 saturated heterocycles. The molecule has 0 radical (unpaired) electrons. The molecule has 0 unspecified atom stereocenters. The molecule has 1 fully saturated rings. The van der Waals surface area contributed by atoms with Crippen molar-refractivity contribution in [2.45, 2.75) is 52.1 Å². The largest absolute Gasteiger partial charge is 0.314 e. The van der Waals surface area contributed by atoms with Crippen molar-refractivity contribution in [3.8, 4) is 0 Å². The van der Waals surface area contributed by atoms with E-state index in [2.05, 4.69) is 55.4 Å². The van der Waals surface area contributed by atoms with E-state index in [9.17, 15) is 0 Å². The monoisotopic (exact) mass is 274 g/mol. The Bertz CT molecular complexity index is 379. The van der Waals surface area contributed by atoms with Crippen molar-refractivity contribution in [3.63, 3.8) is 0 Å². The zero-order valence-electron chi connectivity index (χ0n) is 13.4. The zero-order chi connectivity index (χ0) is 14.4. The smallest absolute Gasteiger partial charge is 0.0230 e. The lowest BCUT2D eigenvalue weighted by atomic mass is 9.85. The Kier molecular flexibility index (Phi) is 6.06. The second-order valence-corrected chi connectivity index (χ2v) is 6.67. The summed E-state index contributed by atoms with van der Waals surface area (Å²) >= 11 is 0. The lowest BCUT2D eigenvalue weighted by Crippen LogP contribution is -2.29. The first-order valence-corrected chi connectivity index (χ1v) is 8.13. The number of hydrogen-bond acceptors (Lipinski definition) is 2. The van der Waals surface area contributed by atoms with Gasteiger partial charge >= 0.3 is 0 Å². The first kappa shape index (κ1) is 15.5. The van der Waals surface area contributed by atoms with Gasteiger partial charge in [-0.2, -0.15) is 0 Å². The van der Waals surface area contributed by atoms with Crippen molar-refractivity contribution >= 4 is 0 Å². The third-order valence-corrected chi connectivity index (χ3v) is 4.24. The van der Waals surface area contributed by atoms with Gasteiger partial charge in [-0.15, -0.1) is 0 Å². The van der Waals surface area contributed by atoms with Crippen molar-refractivity contribution in [3.05, 3.63) is 35.4 Å². The van der Waals surface area contributed by atoms with Gasteiger partial charge in [-0.3, -0.25) is 0 Å². The van der Waals surface area contributed by atoms with Crippen LogP contribution in [-0.4, -0.2) is 31.1 Å². The summed E-state index contributed by atoms with van der Waals surface area (Å²) in [5, 5.41) is 3.47. The second kappa shape index (κ2) is 7.80. The Hall–Kier alpha value is -0.860. The average molecular weight is 274 g/mol. The topological polar surface area (TPSA) is 15.3 Å². The first-order chi connectivity index (χ1) is 9.63. The van der Waals surface area contributed by atoms with Crippen LogP contribution in [0.15, 0.2) is 24.3 Å². The van der Waals surface area contributed by atoms with Crippen LogP contribution in [0.3, 0.4) is 0 Å². The highest BCUT2D eigenvalue weighted by Crippen LogP contribution is 2.27. The van der Waals surface area contributed by atoms with Crippen molar-refractivity contribution in [1.82, 2.24) is 10.2 Å². The maximum Gasteiger partial charge on any atom is 0.0230 e. The zero-order valence-corrected chi connectivity index (χ0v) is 13.4. The molecule has 2 rings (SSSR count). The summed E-state index contributed by atoms with van der Waals surface area (Å²) in [5.74, 6) is 0.960. The van der Waals surface area contributed by atoms with E-state index in [-0.39, 0.29) is 0 Å². The normalized spacial score (nSPS) is 15.8. The van der Waals surface area contributed by atoms with Crippen LogP contribution in [0.2, 0.25) is 0 Å². The van der Waals surface area contributed by atoms with Crippen LogP contribution in [0.5, 0.6) is 0 Å². The maximum absolute atomic E-state index is 3.47. The van der Waals surface area contributed by atoms with Crippen molar-refractivity contribution in [2.75, 3.05) is 20.1 Å². The first-order valence-electron chi connectivity index (χ1n) is 8.13. The van der Waals surface area contributed by atoms with Gasteiger partial charge in [0.05, 0.1) is 0 Å². The predicted octanol–water partition coefficient (Wildman–Crippen LogP) is 3.46. The third kappa shape index (κ3) is 5.26. The highest BCUT2D eigenvalue weighted by Gasteiger charge is 2.18. The summed E-state index contributed by atoms with van der Waals surface area (Å²) in [7, 11) is 2.25. The molecule has 0 aliphatic heterocycles. The molecule has 112 valence electrons. The Morgan fingerprint density at radius 1 is 1.15 bits per heavy atom. The molecular weight excluding hydrogens is 244 g/mol. The van der Waals surface area contributed by atoms with Gasteiger partial charge in [0.2, 0.25) is 0 Å². The molecule has 1 aromatic carbocycles. The molecule has 20 heavy (non-hydrogen) atoms. The summed E-state index contributed by atoms with van der Waals surface area (Å²) < 4.78 is 0. The van der Waals surface area contributed by atoms with Crippen LogP contribution in [-0.2, 0) is 13.0 Å². The molecule has 2 nitrogen and oxygen atoms in total. The van der Waals surface area contributed by atoms with E-state index in [0.717, 1.165) is 25.4 Å². The molecule has 0 atom stereocenters. The van der Waals surface area contributed by atoms with E-state index in [0.29, 0.717) is 6.04 Å². The standard InChI is InChI=1S/C18H30N2/c1-15(2)19-12-11-16-7-9-18(10-8-16)14-20(3)13-17-5-4-6-17/h7-10,15,17,19H,4-6,11-14H2,1-3H3.